The fraction of sp³-hybridized carbons (Fsp3) is 0.417. The van der Waals surface area contributed by atoms with Crippen LogP contribution in [-0.2, 0) is 6.42 Å². The van der Waals surface area contributed by atoms with Crippen LogP contribution in [-0.4, -0.2) is 12.1 Å². The lowest BCUT2D eigenvalue weighted by Crippen LogP contribution is -2.36. The third-order valence-corrected chi connectivity index (χ3v) is 2.09. The molecule has 1 atom stereocenters. The third kappa shape index (κ3) is 3.26. The van der Waals surface area contributed by atoms with Gasteiger partial charge in [-0.05, 0) is 25.5 Å². The Labute approximate surface area is 90.5 Å². The zero-order valence-electron chi connectivity index (χ0n) is 9.16. The first kappa shape index (κ1) is 11.5. The first-order valence-electron chi connectivity index (χ1n) is 5.00. The molecule has 0 saturated carbocycles. The normalized spacial score (nSPS) is 14.0. The van der Waals surface area contributed by atoms with Crippen LogP contribution in [0, 0.1) is 11.3 Å². The number of ether oxygens (including phenoxy) is 1. The Bertz CT molecular complexity index is 366. The summed E-state index contributed by atoms with van der Waals surface area (Å²) in [5.74, 6) is 0.812. The van der Waals surface area contributed by atoms with Gasteiger partial charge in [-0.1, -0.05) is 18.2 Å². The molecule has 3 heteroatoms. The van der Waals surface area contributed by atoms with Crippen LogP contribution in [0.25, 0.3) is 0 Å². The van der Waals surface area contributed by atoms with Crippen molar-refractivity contribution in [3.63, 3.8) is 0 Å². The van der Waals surface area contributed by atoms with Crippen LogP contribution in [0.3, 0.4) is 0 Å². The van der Waals surface area contributed by atoms with Crippen LogP contribution in [0.5, 0.6) is 5.75 Å². The second-order valence-corrected chi connectivity index (χ2v) is 3.75. The molecule has 0 aliphatic heterocycles. The number of hydrogen-bond donors (Lipinski definition) is 1. The molecule has 0 bridgehead atoms. The van der Waals surface area contributed by atoms with Gasteiger partial charge in [-0.15, -0.1) is 0 Å². The van der Waals surface area contributed by atoms with E-state index in [9.17, 15) is 0 Å². The molecule has 0 radical (unpaired) electrons. The highest BCUT2D eigenvalue weighted by Crippen LogP contribution is 2.21. The number of rotatable bonds is 4. The van der Waals surface area contributed by atoms with Gasteiger partial charge in [0.05, 0.1) is 12.7 Å². The summed E-state index contributed by atoms with van der Waals surface area (Å²) in [5, 5.41) is 8.86. The predicted molar refractivity (Wildman–Crippen MR) is 59.5 cm³/mol. The Hall–Kier alpha value is -1.53. The van der Waals surface area contributed by atoms with Crippen LogP contribution in [0.15, 0.2) is 24.3 Å². The Balaban J connectivity index is 2.90. The van der Waals surface area contributed by atoms with Gasteiger partial charge >= 0.3 is 0 Å². The molecule has 1 aromatic rings. The molecule has 1 rings (SSSR count). The maximum Gasteiger partial charge on any atom is 0.122 e. The van der Waals surface area contributed by atoms with Crippen LogP contribution >= 0.6 is 0 Å². The number of benzene rings is 1. The minimum absolute atomic E-state index is 0.500. The minimum atomic E-state index is -0.840. The quantitative estimate of drug-likeness (QED) is 0.814. The molecule has 0 aliphatic carbocycles. The lowest BCUT2D eigenvalue weighted by molar-refractivity contribution is 0.334. The van der Waals surface area contributed by atoms with Crippen molar-refractivity contribution in [2.45, 2.75) is 25.8 Å². The summed E-state index contributed by atoms with van der Waals surface area (Å²) in [7, 11) is 0. The van der Waals surface area contributed by atoms with E-state index >= 15 is 0 Å². The second-order valence-electron chi connectivity index (χ2n) is 3.75. The van der Waals surface area contributed by atoms with Gasteiger partial charge in [0, 0.05) is 6.42 Å². The molecule has 80 valence electrons. The van der Waals surface area contributed by atoms with Gasteiger partial charge < -0.3 is 10.5 Å². The summed E-state index contributed by atoms with van der Waals surface area (Å²) in [5.41, 5.74) is 5.93. The van der Waals surface area contributed by atoms with Crippen LogP contribution in [0.1, 0.15) is 19.4 Å². The number of nitrogens with two attached hydrogens (primary N) is 1. The molecule has 0 aliphatic rings. The SMILES string of the molecule is CCOc1ccccc1CC(C)(N)C#N. The minimum Gasteiger partial charge on any atom is -0.494 e. The van der Waals surface area contributed by atoms with E-state index in [1.807, 2.05) is 31.2 Å². The van der Waals surface area contributed by atoms with Crippen molar-refractivity contribution in [2.75, 3.05) is 6.61 Å². The molecule has 3 nitrogen and oxygen atoms in total. The van der Waals surface area contributed by atoms with Gasteiger partial charge in [-0.2, -0.15) is 5.26 Å². The van der Waals surface area contributed by atoms with Crippen LogP contribution in [0.4, 0.5) is 0 Å². The number of nitrogens with zero attached hydrogens (tertiary/aromatic N) is 1. The van der Waals surface area contributed by atoms with E-state index in [-0.39, 0.29) is 0 Å². The molecule has 0 aromatic heterocycles. The fourth-order valence-corrected chi connectivity index (χ4v) is 1.38. The zero-order valence-corrected chi connectivity index (χ0v) is 9.16. The zero-order chi connectivity index (χ0) is 11.3. The van der Waals surface area contributed by atoms with Gasteiger partial charge in [0.1, 0.15) is 11.3 Å². The topological polar surface area (TPSA) is 59.0 Å². The molecular formula is C12H16N2O. The monoisotopic (exact) mass is 204 g/mol. The lowest BCUT2D eigenvalue weighted by Gasteiger charge is -2.17. The summed E-state index contributed by atoms with van der Waals surface area (Å²) < 4.78 is 5.46. The molecule has 2 N–H and O–H groups in total. The Morgan fingerprint density at radius 3 is 2.73 bits per heavy atom. The van der Waals surface area contributed by atoms with E-state index in [1.54, 1.807) is 6.92 Å². The van der Waals surface area contributed by atoms with Crippen molar-refractivity contribution in [1.29, 1.82) is 5.26 Å². The average Bonchev–Trinajstić information content (AvgIpc) is 2.21. The van der Waals surface area contributed by atoms with Crippen molar-refractivity contribution >= 4 is 0 Å². The van der Waals surface area contributed by atoms with E-state index in [2.05, 4.69) is 6.07 Å². The summed E-state index contributed by atoms with van der Waals surface area (Å²) in [4.78, 5) is 0. The molecule has 1 aromatic carbocycles. The molecular weight excluding hydrogens is 188 g/mol. The number of hydrogen-bond acceptors (Lipinski definition) is 3. The Kier molecular flexibility index (Phi) is 3.70. The highest BCUT2D eigenvalue weighted by Gasteiger charge is 2.19. The molecule has 0 heterocycles. The standard InChI is InChI=1S/C12H16N2O/c1-3-15-11-7-5-4-6-10(11)8-12(2,14)9-13/h4-7H,3,8,14H2,1-2H3. The highest BCUT2D eigenvalue weighted by atomic mass is 16.5. The summed E-state index contributed by atoms with van der Waals surface area (Å²) >= 11 is 0. The molecule has 0 spiro atoms. The van der Waals surface area contributed by atoms with Gasteiger partial charge in [0.15, 0.2) is 0 Å². The molecule has 1 unspecified atom stereocenters. The van der Waals surface area contributed by atoms with Gasteiger partial charge in [0.25, 0.3) is 0 Å². The predicted octanol–water partition coefficient (Wildman–Crippen LogP) is 1.87. The summed E-state index contributed by atoms with van der Waals surface area (Å²) in [6, 6.07) is 9.75. The van der Waals surface area contributed by atoms with Crippen molar-refractivity contribution in [1.82, 2.24) is 0 Å². The Morgan fingerprint density at radius 2 is 2.13 bits per heavy atom. The third-order valence-electron chi connectivity index (χ3n) is 2.09. The second kappa shape index (κ2) is 4.81. The van der Waals surface area contributed by atoms with E-state index in [0.717, 1.165) is 11.3 Å². The average molecular weight is 204 g/mol. The molecule has 0 amide bonds. The van der Waals surface area contributed by atoms with Crippen LogP contribution in [0.2, 0.25) is 0 Å². The highest BCUT2D eigenvalue weighted by molar-refractivity contribution is 5.35. The van der Waals surface area contributed by atoms with Crippen molar-refractivity contribution in [2.24, 2.45) is 5.73 Å². The maximum atomic E-state index is 8.86. The summed E-state index contributed by atoms with van der Waals surface area (Å²) in [6.07, 6.45) is 0.500. The van der Waals surface area contributed by atoms with Gasteiger partial charge in [0.2, 0.25) is 0 Å². The number of para-hydroxylation sites is 1. The first-order chi connectivity index (χ1) is 7.09. The Morgan fingerprint density at radius 1 is 1.47 bits per heavy atom. The van der Waals surface area contributed by atoms with E-state index in [1.165, 1.54) is 0 Å². The van der Waals surface area contributed by atoms with Crippen molar-refractivity contribution in [3.05, 3.63) is 29.8 Å². The van der Waals surface area contributed by atoms with E-state index < -0.39 is 5.54 Å². The summed E-state index contributed by atoms with van der Waals surface area (Å²) in [6.45, 7) is 4.27. The largest absolute Gasteiger partial charge is 0.494 e. The molecule has 0 fully saturated rings. The molecule has 0 saturated heterocycles. The van der Waals surface area contributed by atoms with Crippen molar-refractivity contribution in [3.8, 4) is 11.8 Å². The lowest BCUT2D eigenvalue weighted by atomic mass is 9.95. The molecule has 15 heavy (non-hydrogen) atoms. The number of nitriles is 1. The smallest absolute Gasteiger partial charge is 0.122 e. The van der Waals surface area contributed by atoms with E-state index in [0.29, 0.717) is 13.0 Å². The van der Waals surface area contributed by atoms with Gasteiger partial charge in [-0.25, -0.2) is 0 Å². The van der Waals surface area contributed by atoms with Gasteiger partial charge in [-0.3, -0.25) is 0 Å². The maximum absolute atomic E-state index is 8.86. The van der Waals surface area contributed by atoms with Crippen molar-refractivity contribution < 1.29 is 4.74 Å². The first-order valence-corrected chi connectivity index (χ1v) is 5.00. The van der Waals surface area contributed by atoms with E-state index in [4.69, 9.17) is 15.7 Å². The van der Waals surface area contributed by atoms with Crippen LogP contribution < -0.4 is 10.5 Å². The fourth-order valence-electron chi connectivity index (χ4n) is 1.38.